The van der Waals surface area contributed by atoms with E-state index in [9.17, 15) is 9.59 Å². The Kier molecular flexibility index (Phi) is 4.82. The molecule has 28 heavy (non-hydrogen) atoms. The van der Waals surface area contributed by atoms with Crippen molar-refractivity contribution in [3.05, 3.63) is 76.7 Å². The van der Waals surface area contributed by atoms with Crippen LogP contribution in [0.15, 0.2) is 70.5 Å². The van der Waals surface area contributed by atoms with Crippen LogP contribution in [0.2, 0.25) is 0 Å². The van der Waals surface area contributed by atoms with Crippen molar-refractivity contribution in [3.8, 4) is 5.75 Å². The molecule has 2 heterocycles. The van der Waals surface area contributed by atoms with E-state index in [-0.39, 0.29) is 17.6 Å². The van der Waals surface area contributed by atoms with E-state index in [0.29, 0.717) is 27.6 Å². The predicted molar refractivity (Wildman–Crippen MR) is 109 cm³/mol. The van der Waals surface area contributed by atoms with Crippen LogP contribution in [-0.2, 0) is 0 Å². The number of amides is 2. The molecule has 7 heteroatoms. The zero-order chi connectivity index (χ0) is 19.5. The minimum Gasteiger partial charge on any atom is -0.494 e. The van der Waals surface area contributed by atoms with Gasteiger partial charge in [-0.3, -0.25) is 9.59 Å². The summed E-state index contributed by atoms with van der Waals surface area (Å²) in [6.45, 7) is 0. The molecule has 4 rings (SSSR count). The number of furan rings is 1. The normalized spacial score (nSPS) is 10.6. The Morgan fingerprint density at radius 3 is 2.57 bits per heavy atom. The fourth-order valence-electron chi connectivity index (χ4n) is 2.75. The molecule has 2 N–H and O–H groups in total. The number of benzene rings is 2. The highest BCUT2D eigenvalue weighted by molar-refractivity contribution is 7.12. The second-order valence-corrected chi connectivity index (χ2v) is 6.90. The fourth-order valence-corrected chi connectivity index (χ4v) is 3.37. The molecule has 0 aliphatic heterocycles. The van der Waals surface area contributed by atoms with Crippen LogP contribution in [0.3, 0.4) is 0 Å². The maximum Gasteiger partial charge on any atom is 0.291 e. The van der Waals surface area contributed by atoms with Crippen molar-refractivity contribution in [1.82, 2.24) is 0 Å². The van der Waals surface area contributed by atoms with E-state index in [0.717, 1.165) is 5.39 Å². The summed E-state index contributed by atoms with van der Waals surface area (Å²) in [6.07, 6.45) is 0. The average Bonchev–Trinajstić information content (AvgIpc) is 3.38. The van der Waals surface area contributed by atoms with Gasteiger partial charge in [-0.1, -0.05) is 24.3 Å². The number of carbonyl (C=O) groups excluding carboxylic acids is 2. The number of carbonyl (C=O) groups is 2. The molecule has 0 bridgehead atoms. The molecule has 0 fully saturated rings. The first-order valence-electron chi connectivity index (χ1n) is 8.47. The smallest absolute Gasteiger partial charge is 0.291 e. The van der Waals surface area contributed by atoms with Gasteiger partial charge in [-0.15, -0.1) is 11.3 Å². The topological polar surface area (TPSA) is 80.6 Å². The standard InChI is InChI=1S/C21H16N2O4S/c1-26-17-12-14(8-9-15(17)23-21(25)19-7-4-10-28-19)22-20(24)18-11-13-5-2-3-6-16(13)27-18/h2-12H,1H3,(H,22,24)(H,23,25). The Bertz CT molecular complexity index is 1120. The first-order valence-corrected chi connectivity index (χ1v) is 9.35. The third kappa shape index (κ3) is 3.60. The average molecular weight is 392 g/mol. The molecule has 0 aliphatic carbocycles. The van der Waals surface area contributed by atoms with E-state index >= 15 is 0 Å². The number of rotatable bonds is 5. The maximum absolute atomic E-state index is 12.5. The van der Waals surface area contributed by atoms with Crippen LogP contribution in [0.4, 0.5) is 11.4 Å². The summed E-state index contributed by atoms with van der Waals surface area (Å²) in [5.41, 5.74) is 1.69. The number of methoxy groups -OCH3 is 1. The van der Waals surface area contributed by atoms with Crippen LogP contribution in [0, 0.1) is 0 Å². The molecule has 2 aromatic heterocycles. The summed E-state index contributed by atoms with van der Waals surface area (Å²) in [6, 6.07) is 17.7. The van der Waals surface area contributed by atoms with Crippen molar-refractivity contribution in [3.63, 3.8) is 0 Å². The highest BCUT2D eigenvalue weighted by atomic mass is 32.1. The third-order valence-electron chi connectivity index (χ3n) is 4.10. The summed E-state index contributed by atoms with van der Waals surface area (Å²) in [7, 11) is 1.50. The van der Waals surface area contributed by atoms with Gasteiger partial charge >= 0.3 is 0 Å². The first kappa shape index (κ1) is 17.8. The number of fused-ring (bicyclic) bond motifs is 1. The number of hydrogen-bond acceptors (Lipinski definition) is 5. The van der Waals surface area contributed by atoms with Gasteiger partial charge in [0.2, 0.25) is 0 Å². The van der Waals surface area contributed by atoms with Crippen molar-refractivity contribution in [2.24, 2.45) is 0 Å². The van der Waals surface area contributed by atoms with E-state index in [1.807, 2.05) is 29.6 Å². The number of ether oxygens (including phenoxy) is 1. The second kappa shape index (κ2) is 7.58. The number of thiophene rings is 1. The number of nitrogens with one attached hydrogen (secondary N) is 2. The molecule has 0 aliphatic rings. The largest absolute Gasteiger partial charge is 0.494 e. The molecule has 0 unspecified atom stereocenters. The Hall–Kier alpha value is -3.58. The molecular weight excluding hydrogens is 376 g/mol. The molecule has 0 atom stereocenters. The lowest BCUT2D eigenvalue weighted by atomic mass is 10.2. The van der Waals surface area contributed by atoms with Gasteiger partial charge in [-0.05, 0) is 35.7 Å². The minimum atomic E-state index is -0.367. The Labute approximate surface area is 164 Å². The van der Waals surface area contributed by atoms with E-state index in [1.54, 1.807) is 36.4 Å². The first-order chi connectivity index (χ1) is 13.6. The lowest BCUT2D eigenvalue weighted by Crippen LogP contribution is -2.13. The van der Waals surface area contributed by atoms with Crippen LogP contribution in [0.25, 0.3) is 11.0 Å². The lowest BCUT2D eigenvalue weighted by molar-refractivity contribution is 0.0996. The van der Waals surface area contributed by atoms with Crippen LogP contribution in [0.1, 0.15) is 20.2 Å². The highest BCUT2D eigenvalue weighted by Gasteiger charge is 2.15. The molecule has 4 aromatic rings. The second-order valence-electron chi connectivity index (χ2n) is 5.95. The third-order valence-corrected chi connectivity index (χ3v) is 4.97. The summed E-state index contributed by atoms with van der Waals surface area (Å²) in [5.74, 6) is 0.0727. The molecule has 2 amide bonds. The summed E-state index contributed by atoms with van der Waals surface area (Å²) >= 11 is 1.35. The molecule has 6 nitrogen and oxygen atoms in total. The number of hydrogen-bond donors (Lipinski definition) is 2. The van der Waals surface area contributed by atoms with Crippen LogP contribution < -0.4 is 15.4 Å². The minimum absolute atomic E-state index is 0.215. The van der Waals surface area contributed by atoms with Crippen LogP contribution in [0.5, 0.6) is 5.75 Å². The fraction of sp³-hybridized carbons (Fsp3) is 0.0476. The number of anilines is 2. The van der Waals surface area contributed by atoms with E-state index in [2.05, 4.69) is 10.6 Å². The molecule has 2 aromatic carbocycles. The lowest BCUT2D eigenvalue weighted by Gasteiger charge is -2.12. The molecule has 0 saturated heterocycles. The van der Waals surface area contributed by atoms with Gasteiger partial charge in [-0.25, -0.2) is 0 Å². The number of para-hydroxylation sites is 1. The van der Waals surface area contributed by atoms with Crippen molar-refractivity contribution in [2.45, 2.75) is 0 Å². The summed E-state index contributed by atoms with van der Waals surface area (Å²) < 4.78 is 10.9. The molecule has 0 radical (unpaired) electrons. The highest BCUT2D eigenvalue weighted by Crippen LogP contribution is 2.29. The maximum atomic E-state index is 12.5. The van der Waals surface area contributed by atoms with Gasteiger partial charge in [0.1, 0.15) is 11.3 Å². The predicted octanol–water partition coefficient (Wildman–Crippen LogP) is 5.01. The van der Waals surface area contributed by atoms with Crippen molar-refractivity contribution < 1.29 is 18.7 Å². The molecule has 0 spiro atoms. The van der Waals surface area contributed by atoms with Crippen LogP contribution >= 0.6 is 11.3 Å². The quantitative estimate of drug-likeness (QED) is 0.500. The summed E-state index contributed by atoms with van der Waals surface area (Å²) in [5, 5.41) is 8.28. The molecule has 0 saturated carbocycles. The van der Waals surface area contributed by atoms with Crippen LogP contribution in [-0.4, -0.2) is 18.9 Å². The van der Waals surface area contributed by atoms with Gasteiger partial charge < -0.3 is 19.8 Å². The van der Waals surface area contributed by atoms with E-state index < -0.39 is 0 Å². The van der Waals surface area contributed by atoms with Gasteiger partial charge in [0.25, 0.3) is 11.8 Å². The monoisotopic (exact) mass is 392 g/mol. The molecular formula is C21H16N2O4S. The van der Waals surface area contributed by atoms with Gasteiger partial charge in [0.05, 0.1) is 17.7 Å². The summed E-state index contributed by atoms with van der Waals surface area (Å²) in [4.78, 5) is 25.3. The Morgan fingerprint density at radius 2 is 1.82 bits per heavy atom. The van der Waals surface area contributed by atoms with Crippen molar-refractivity contribution in [2.75, 3.05) is 17.7 Å². The zero-order valence-corrected chi connectivity index (χ0v) is 15.7. The Balaban J connectivity index is 1.52. The van der Waals surface area contributed by atoms with Crippen molar-refractivity contribution >= 4 is 45.5 Å². The molecule has 140 valence electrons. The van der Waals surface area contributed by atoms with E-state index in [4.69, 9.17) is 9.15 Å². The van der Waals surface area contributed by atoms with Gasteiger partial charge in [0, 0.05) is 17.1 Å². The van der Waals surface area contributed by atoms with Gasteiger partial charge in [0.15, 0.2) is 5.76 Å². The zero-order valence-electron chi connectivity index (χ0n) is 14.9. The Morgan fingerprint density at radius 1 is 0.964 bits per heavy atom. The van der Waals surface area contributed by atoms with Crippen molar-refractivity contribution in [1.29, 1.82) is 0 Å². The van der Waals surface area contributed by atoms with E-state index in [1.165, 1.54) is 18.4 Å². The van der Waals surface area contributed by atoms with Gasteiger partial charge in [-0.2, -0.15) is 0 Å². The SMILES string of the molecule is COc1cc(NC(=O)c2cc3ccccc3o2)ccc1NC(=O)c1cccs1.